The average Bonchev–Trinajstić information content (AvgIpc) is 3.02. The highest BCUT2D eigenvalue weighted by molar-refractivity contribution is 5.93. The molecule has 0 amide bonds. The lowest BCUT2D eigenvalue weighted by Gasteiger charge is -2.14. The van der Waals surface area contributed by atoms with Gasteiger partial charge in [0.2, 0.25) is 0 Å². The van der Waals surface area contributed by atoms with Gasteiger partial charge in [-0.3, -0.25) is 5.41 Å². The molecule has 6 nitrogen and oxygen atoms in total. The van der Waals surface area contributed by atoms with Crippen molar-refractivity contribution in [1.82, 2.24) is 4.98 Å². The van der Waals surface area contributed by atoms with Crippen molar-refractivity contribution in [2.24, 2.45) is 10.8 Å². The van der Waals surface area contributed by atoms with Crippen LogP contribution in [-0.2, 0) is 0 Å². The van der Waals surface area contributed by atoms with Crippen LogP contribution in [0.15, 0.2) is 53.4 Å². The number of benzene rings is 1. The number of halogens is 1. The second kappa shape index (κ2) is 7.35. The van der Waals surface area contributed by atoms with E-state index in [2.05, 4.69) is 15.4 Å². The predicted octanol–water partition coefficient (Wildman–Crippen LogP) is 3.92. The van der Waals surface area contributed by atoms with Crippen LogP contribution in [0.25, 0.3) is 0 Å². The van der Waals surface area contributed by atoms with Gasteiger partial charge in [-0.15, -0.1) is 0 Å². The number of H-pyrrole nitrogens is 1. The number of nitrogens with one attached hydrogen (secondary N) is 4. The molecule has 0 bridgehead atoms. The maximum Gasteiger partial charge on any atom is 0.146 e. The molecule has 6 N–H and O–H groups in total. The number of allylic oxidation sites excluding steroid dienone is 1. The highest BCUT2D eigenvalue weighted by atomic mass is 19.1. The van der Waals surface area contributed by atoms with Crippen molar-refractivity contribution in [3.05, 3.63) is 65.5 Å². The lowest BCUT2D eigenvalue weighted by atomic mass is 9.99. The summed E-state index contributed by atoms with van der Waals surface area (Å²) in [4.78, 5) is 3.05. The highest BCUT2D eigenvalue weighted by Crippen LogP contribution is 2.28. The zero-order valence-electron chi connectivity index (χ0n) is 12.7. The van der Waals surface area contributed by atoms with Gasteiger partial charge in [0.25, 0.3) is 0 Å². The molecule has 0 saturated carbocycles. The number of aromatic amines is 1. The Labute approximate surface area is 133 Å². The van der Waals surface area contributed by atoms with E-state index in [1.807, 2.05) is 13.0 Å². The summed E-state index contributed by atoms with van der Waals surface area (Å²) in [6.07, 6.45) is 2.21. The Hall–Kier alpha value is -2.96. The fourth-order valence-corrected chi connectivity index (χ4v) is 2.30. The largest absolute Gasteiger partial charge is 0.382 e. The third-order valence-electron chi connectivity index (χ3n) is 3.52. The second-order valence-electron chi connectivity index (χ2n) is 5.01. The molecule has 0 saturated heterocycles. The highest BCUT2D eigenvalue weighted by Gasteiger charge is 2.17. The van der Waals surface area contributed by atoms with Crippen LogP contribution in [0.5, 0.6) is 0 Å². The molecule has 7 heteroatoms. The number of hydrogen-bond donors (Lipinski definition) is 5. The zero-order chi connectivity index (χ0) is 16.8. The third-order valence-corrected chi connectivity index (χ3v) is 3.52. The molecule has 120 valence electrons. The summed E-state index contributed by atoms with van der Waals surface area (Å²) in [6.45, 7) is 1.96. The molecule has 0 aliphatic heterocycles. The summed E-state index contributed by atoms with van der Waals surface area (Å²) < 4.78 is 13.6. The van der Waals surface area contributed by atoms with Crippen LogP contribution in [0.1, 0.15) is 30.7 Å². The molecular weight excluding hydrogens is 295 g/mol. The van der Waals surface area contributed by atoms with Gasteiger partial charge in [-0.1, -0.05) is 19.1 Å². The van der Waals surface area contributed by atoms with Crippen LogP contribution in [0.2, 0.25) is 0 Å². The summed E-state index contributed by atoms with van der Waals surface area (Å²) in [5.41, 5.74) is 14.9. The van der Waals surface area contributed by atoms with E-state index in [1.165, 1.54) is 12.3 Å². The number of aromatic nitrogens is 1. The zero-order valence-corrected chi connectivity index (χ0v) is 12.7. The van der Waals surface area contributed by atoms with E-state index in [0.29, 0.717) is 23.5 Å². The Balaban J connectivity index is 2.25. The van der Waals surface area contributed by atoms with Crippen molar-refractivity contribution in [1.29, 1.82) is 10.9 Å². The third kappa shape index (κ3) is 3.82. The molecule has 1 heterocycles. The van der Waals surface area contributed by atoms with Crippen LogP contribution in [0, 0.1) is 16.8 Å². The predicted molar refractivity (Wildman–Crippen MR) is 88.1 cm³/mol. The van der Waals surface area contributed by atoms with Gasteiger partial charge in [-0.05, 0) is 30.7 Å². The number of para-hydroxylation sites is 1. The first-order valence-corrected chi connectivity index (χ1v) is 7.18. The average molecular weight is 314 g/mol. The van der Waals surface area contributed by atoms with Gasteiger partial charge in [-0.2, -0.15) is 5.11 Å². The van der Waals surface area contributed by atoms with Crippen LogP contribution in [0.3, 0.4) is 0 Å². The summed E-state index contributed by atoms with van der Waals surface area (Å²) in [6, 6.07) is 9.82. The van der Waals surface area contributed by atoms with E-state index in [4.69, 9.17) is 16.7 Å². The second-order valence-corrected chi connectivity index (χ2v) is 5.01. The van der Waals surface area contributed by atoms with Gasteiger partial charge < -0.3 is 16.0 Å². The summed E-state index contributed by atoms with van der Waals surface area (Å²) >= 11 is 0. The summed E-state index contributed by atoms with van der Waals surface area (Å²) in [5, 5.41) is 13.8. The fourth-order valence-electron chi connectivity index (χ4n) is 2.30. The molecule has 2 aromatic rings. The summed E-state index contributed by atoms with van der Waals surface area (Å²) in [7, 11) is 0. The minimum Gasteiger partial charge on any atom is -0.382 e. The SMILES string of the molecule is CCC(/C(=C/Nc1ccccc1F)N=N)c1ccc(C(=N)N)[nH]1. The van der Waals surface area contributed by atoms with E-state index in [9.17, 15) is 4.39 Å². The number of nitrogens with zero attached hydrogens (tertiary/aromatic N) is 1. The van der Waals surface area contributed by atoms with E-state index in [-0.39, 0.29) is 17.6 Å². The summed E-state index contributed by atoms with van der Waals surface area (Å²) in [5.74, 6) is -0.608. The van der Waals surface area contributed by atoms with Gasteiger partial charge in [-0.25, -0.2) is 9.92 Å². The molecule has 1 aromatic carbocycles. The van der Waals surface area contributed by atoms with Crippen LogP contribution in [0.4, 0.5) is 10.1 Å². The molecule has 0 fully saturated rings. The van der Waals surface area contributed by atoms with Crippen LogP contribution in [-0.4, -0.2) is 10.8 Å². The van der Waals surface area contributed by atoms with Crippen LogP contribution < -0.4 is 11.1 Å². The minimum atomic E-state index is -0.375. The normalized spacial score (nSPS) is 12.7. The topological polar surface area (TPSA) is 114 Å². The molecule has 2 rings (SSSR count). The first-order chi connectivity index (χ1) is 11.1. The van der Waals surface area contributed by atoms with E-state index in [1.54, 1.807) is 24.3 Å². The Morgan fingerprint density at radius 1 is 1.39 bits per heavy atom. The Kier molecular flexibility index (Phi) is 5.24. The van der Waals surface area contributed by atoms with Gasteiger partial charge in [0.1, 0.15) is 11.7 Å². The first-order valence-electron chi connectivity index (χ1n) is 7.18. The standard InChI is InChI=1S/C16H19FN6/c1-2-10(12-7-8-14(22-12)16(18)19)15(23-20)9-21-13-6-4-3-5-11(13)17/h3-10,20-22H,2H2,1H3,(H3,18,19)/b15-9-,23-20?. The van der Waals surface area contributed by atoms with Crippen molar-refractivity contribution in [3.63, 3.8) is 0 Å². The number of hydrogen-bond acceptors (Lipinski definition) is 4. The Morgan fingerprint density at radius 2 is 2.13 bits per heavy atom. The Bertz CT molecular complexity index is 734. The van der Waals surface area contributed by atoms with Crippen molar-refractivity contribution >= 4 is 11.5 Å². The van der Waals surface area contributed by atoms with Crippen molar-refractivity contribution < 1.29 is 4.39 Å². The molecule has 1 unspecified atom stereocenters. The monoisotopic (exact) mass is 314 g/mol. The van der Waals surface area contributed by atoms with Crippen molar-refractivity contribution in [2.75, 3.05) is 5.32 Å². The van der Waals surface area contributed by atoms with E-state index in [0.717, 1.165) is 5.69 Å². The van der Waals surface area contributed by atoms with Gasteiger partial charge >= 0.3 is 0 Å². The van der Waals surface area contributed by atoms with E-state index < -0.39 is 0 Å². The van der Waals surface area contributed by atoms with Gasteiger partial charge in [0.05, 0.1) is 17.1 Å². The van der Waals surface area contributed by atoms with Crippen molar-refractivity contribution in [2.45, 2.75) is 19.3 Å². The Morgan fingerprint density at radius 3 is 2.70 bits per heavy atom. The van der Waals surface area contributed by atoms with Crippen LogP contribution >= 0.6 is 0 Å². The van der Waals surface area contributed by atoms with E-state index >= 15 is 0 Å². The molecule has 0 spiro atoms. The lowest BCUT2D eigenvalue weighted by molar-refractivity contribution is 0.631. The molecule has 0 radical (unpaired) electrons. The van der Waals surface area contributed by atoms with Gasteiger partial charge in [0.15, 0.2) is 0 Å². The number of nitrogens with two attached hydrogens (primary N) is 1. The number of amidine groups is 1. The molecule has 23 heavy (non-hydrogen) atoms. The molecule has 1 aromatic heterocycles. The number of nitrogen functional groups attached to an aromatic ring is 1. The fraction of sp³-hybridized carbons (Fsp3) is 0.188. The lowest BCUT2D eigenvalue weighted by Crippen LogP contribution is -2.12. The van der Waals surface area contributed by atoms with Crippen molar-refractivity contribution in [3.8, 4) is 0 Å². The number of rotatable bonds is 7. The molecule has 0 aliphatic rings. The number of anilines is 1. The maximum atomic E-state index is 13.6. The maximum absolute atomic E-state index is 13.6. The minimum absolute atomic E-state index is 0.0519. The molecule has 0 aliphatic carbocycles. The smallest absolute Gasteiger partial charge is 0.146 e. The molecular formula is C16H19FN6. The molecule has 1 atom stereocenters. The first kappa shape index (κ1) is 16.4. The quantitative estimate of drug-likeness (QED) is 0.303. The van der Waals surface area contributed by atoms with Gasteiger partial charge in [0, 0.05) is 17.8 Å².